The summed E-state index contributed by atoms with van der Waals surface area (Å²) in [6.07, 6.45) is 22.3. The molecule has 2 saturated carbocycles. The van der Waals surface area contributed by atoms with Gasteiger partial charge in [-0.3, -0.25) is 0 Å². The van der Waals surface area contributed by atoms with E-state index in [2.05, 4.69) is 63.6 Å². The number of rotatable bonds is 1. The Morgan fingerprint density at radius 2 is 1.80 bits per heavy atom. The molecule has 0 bridgehead atoms. The van der Waals surface area contributed by atoms with Crippen molar-refractivity contribution in [3.8, 4) is 0 Å². The first kappa shape index (κ1) is 23.3. The van der Waals surface area contributed by atoms with E-state index < -0.39 is 0 Å². The maximum atomic E-state index is 2.69. The fourth-order valence-electron chi connectivity index (χ4n) is 4.98. The molecule has 0 spiro atoms. The molecular formula is C22H29Cl2Zr-. The van der Waals surface area contributed by atoms with Crippen LogP contribution in [0.4, 0.5) is 0 Å². The van der Waals surface area contributed by atoms with Crippen molar-refractivity contribution in [3.05, 3.63) is 54.0 Å². The van der Waals surface area contributed by atoms with Gasteiger partial charge in [0.25, 0.3) is 0 Å². The summed E-state index contributed by atoms with van der Waals surface area (Å²) < 4.78 is 1.51. The molecule has 0 aromatic carbocycles. The number of halogens is 2. The molecule has 2 fully saturated rings. The second-order valence-electron chi connectivity index (χ2n) is 7.71. The minimum atomic E-state index is 0. The average molecular weight is 456 g/mol. The summed E-state index contributed by atoms with van der Waals surface area (Å²) in [5, 5.41) is 0. The zero-order chi connectivity index (χ0) is 16.4. The zero-order valence-corrected chi connectivity index (χ0v) is 19.5. The van der Waals surface area contributed by atoms with E-state index in [0.29, 0.717) is 0 Å². The van der Waals surface area contributed by atoms with E-state index in [4.69, 9.17) is 0 Å². The normalized spacial score (nSPS) is 34.4. The van der Waals surface area contributed by atoms with Crippen molar-refractivity contribution in [3.63, 3.8) is 0 Å². The third-order valence-electron chi connectivity index (χ3n) is 5.83. The molecule has 0 nitrogen and oxygen atoms in total. The summed E-state index contributed by atoms with van der Waals surface area (Å²) in [6.45, 7) is 6.56. The second-order valence-corrected chi connectivity index (χ2v) is 10.2. The largest absolute Gasteiger partial charge is 1.00 e. The zero-order valence-electron chi connectivity index (χ0n) is 15.5. The summed E-state index contributed by atoms with van der Waals surface area (Å²) in [4.78, 5) is 0. The maximum absolute atomic E-state index is 2.69. The summed E-state index contributed by atoms with van der Waals surface area (Å²) in [5.74, 6) is 4.09. The Labute approximate surface area is 181 Å². The van der Waals surface area contributed by atoms with Crippen LogP contribution in [0.5, 0.6) is 0 Å². The van der Waals surface area contributed by atoms with E-state index >= 15 is 0 Å². The van der Waals surface area contributed by atoms with Gasteiger partial charge in [-0.1, -0.05) is 60.3 Å². The molecule has 0 heterocycles. The molecule has 4 aliphatic carbocycles. The van der Waals surface area contributed by atoms with Crippen LogP contribution in [-0.4, -0.2) is 3.21 Å². The summed E-state index contributed by atoms with van der Waals surface area (Å²) in [7, 11) is 0. The Hall–Kier alpha value is 0.293. The number of fused-ring (bicyclic) bond motifs is 3. The number of hydrogen-bond acceptors (Lipinski definition) is 0. The first-order valence-corrected chi connectivity index (χ1v) is 10.4. The molecule has 0 radical (unpaired) electrons. The Morgan fingerprint density at radius 3 is 2.44 bits per heavy atom. The van der Waals surface area contributed by atoms with Gasteiger partial charge in [0.1, 0.15) is 0 Å². The van der Waals surface area contributed by atoms with Crippen molar-refractivity contribution in [1.29, 1.82) is 0 Å². The van der Waals surface area contributed by atoms with Crippen molar-refractivity contribution < 1.29 is 49.0 Å². The topological polar surface area (TPSA) is 0 Å². The van der Waals surface area contributed by atoms with E-state index in [9.17, 15) is 0 Å². The van der Waals surface area contributed by atoms with Gasteiger partial charge < -0.3 is 31.2 Å². The third kappa shape index (κ3) is 5.40. The maximum Gasteiger partial charge on any atom is -1.00 e. The minimum absolute atomic E-state index is 0. The molecule has 25 heavy (non-hydrogen) atoms. The van der Waals surface area contributed by atoms with Crippen molar-refractivity contribution in [1.82, 2.24) is 0 Å². The quantitative estimate of drug-likeness (QED) is 0.474. The predicted octanol–water partition coefficient (Wildman–Crippen LogP) is -0.375. The summed E-state index contributed by atoms with van der Waals surface area (Å²) in [5.41, 5.74) is 3.30. The van der Waals surface area contributed by atoms with Gasteiger partial charge in [-0.05, 0) is 31.6 Å². The Balaban J connectivity index is 0.000000476. The Bertz CT molecular complexity index is 581. The number of allylic oxidation sites excluding steroid dienone is 8. The standard InChI is InChI=1S/C19H23.C3H6.2ClH.Zr/c1-13-6-4-9-15(13)17-10-5-11-18-16-8-3-2-7-14(16)12-19(17)18;1-3-2;;;/h2-4,6-8,12,14,16-19H,5,9-11H2,1H3;1-2H3;2*1H;/q-1;;;;+2/p-2. The van der Waals surface area contributed by atoms with Crippen LogP contribution >= 0.6 is 0 Å². The molecule has 0 N–H and O–H groups in total. The Kier molecular flexibility index (Phi) is 9.88. The van der Waals surface area contributed by atoms with Crippen molar-refractivity contribution in [2.75, 3.05) is 0 Å². The summed E-state index contributed by atoms with van der Waals surface area (Å²) in [6, 6.07) is 0. The van der Waals surface area contributed by atoms with Gasteiger partial charge in [0.15, 0.2) is 0 Å². The van der Waals surface area contributed by atoms with Crippen LogP contribution in [0.3, 0.4) is 0 Å². The smallest absolute Gasteiger partial charge is 1.00 e. The van der Waals surface area contributed by atoms with Gasteiger partial charge in [0, 0.05) is 0 Å². The third-order valence-corrected chi connectivity index (χ3v) is 5.83. The monoisotopic (exact) mass is 453 g/mol. The van der Waals surface area contributed by atoms with Crippen molar-refractivity contribution >= 4 is 3.21 Å². The average Bonchev–Trinajstić information content (AvgIpc) is 3.10. The molecule has 0 amide bonds. The van der Waals surface area contributed by atoms with Crippen molar-refractivity contribution in [2.45, 2.75) is 46.5 Å². The SMILES string of the molecule is CC1=C(C2CCCC3C4C=CC=CC4[CH-]C23)CC=C1.C[C](C)=[Zr+2].[Cl-].[Cl-]. The van der Waals surface area contributed by atoms with Gasteiger partial charge in [-0.2, -0.15) is 5.92 Å². The minimum Gasteiger partial charge on any atom is -1.00 e. The van der Waals surface area contributed by atoms with Gasteiger partial charge in [-0.15, -0.1) is 12.0 Å². The van der Waals surface area contributed by atoms with Crippen LogP contribution in [0.25, 0.3) is 0 Å². The fourth-order valence-corrected chi connectivity index (χ4v) is 4.98. The molecule has 4 aliphatic rings. The molecule has 0 aromatic rings. The van der Waals surface area contributed by atoms with E-state index in [1.165, 1.54) is 28.9 Å². The van der Waals surface area contributed by atoms with Gasteiger partial charge in [-0.25, -0.2) is 0 Å². The first-order chi connectivity index (χ1) is 11.1. The fraction of sp³-hybridized carbons (Fsp3) is 0.545. The van der Waals surface area contributed by atoms with Crippen LogP contribution in [0.2, 0.25) is 0 Å². The van der Waals surface area contributed by atoms with Crippen LogP contribution in [0, 0.1) is 36.0 Å². The van der Waals surface area contributed by atoms with Crippen molar-refractivity contribution in [2.24, 2.45) is 29.6 Å². The van der Waals surface area contributed by atoms with E-state index in [1.54, 1.807) is 35.4 Å². The predicted molar refractivity (Wildman–Crippen MR) is 96.7 cm³/mol. The Morgan fingerprint density at radius 1 is 1.12 bits per heavy atom. The second kappa shape index (κ2) is 10.6. The van der Waals surface area contributed by atoms with Gasteiger partial charge >= 0.3 is 41.3 Å². The van der Waals surface area contributed by atoms with E-state index in [0.717, 1.165) is 29.6 Å². The van der Waals surface area contributed by atoms with Crippen LogP contribution in [-0.2, 0) is 24.2 Å². The summed E-state index contributed by atoms with van der Waals surface area (Å²) >= 11 is 1.55. The molecule has 5 unspecified atom stereocenters. The van der Waals surface area contributed by atoms with Crippen LogP contribution in [0.1, 0.15) is 46.5 Å². The molecule has 0 saturated heterocycles. The van der Waals surface area contributed by atoms with Crippen LogP contribution in [0.15, 0.2) is 47.6 Å². The van der Waals surface area contributed by atoms with E-state index in [1.807, 2.05) is 0 Å². The van der Waals surface area contributed by atoms with Gasteiger partial charge in [0.05, 0.1) is 0 Å². The molecular weight excluding hydrogens is 426 g/mol. The van der Waals surface area contributed by atoms with Crippen LogP contribution < -0.4 is 24.8 Å². The van der Waals surface area contributed by atoms with E-state index in [-0.39, 0.29) is 24.8 Å². The molecule has 4 rings (SSSR count). The molecule has 0 aromatic heterocycles. The molecule has 0 aliphatic heterocycles. The molecule has 3 heteroatoms. The first-order valence-electron chi connectivity index (χ1n) is 9.16. The molecule has 5 atom stereocenters. The number of hydrogen-bond donors (Lipinski definition) is 0. The van der Waals surface area contributed by atoms with Gasteiger partial charge in [0.2, 0.25) is 0 Å². The molecule has 136 valence electrons.